The van der Waals surface area contributed by atoms with Gasteiger partial charge in [-0.05, 0) is 12.1 Å². The molecule has 0 bridgehead atoms. The maximum Gasteiger partial charge on any atom is 0.195 e. The summed E-state index contributed by atoms with van der Waals surface area (Å²) in [7, 11) is 0. The van der Waals surface area contributed by atoms with E-state index in [4.69, 9.17) is 4.42 Å². The Labute approximate surface area is 67.2 Å². The van der Waals surface area contributed by atoms with Crippen molar-refractivity contribution < 1.29 is 8.81 Å². The average Bonchev–Trinajstić information content (AvgIpc) is 2.04. The molecule has 2 nitrogen and oxygen atoms in total. The van der Waals surface area contributed by atoms with E-state index in [2.05, 4.69) is 0 Å². The van der Waals surface area contributed by atoms with E-state index in [1.165, 1.54) is 24.5 Å². The molecular weight excluding hydrogens is 159 g/mol. The third kappa shape index (κ3) is 0.906. The van der Waals surface area contributed by atoms with Crippen LogP contribution in [0.3, 0.4) is 0 Å². The summed E-state index contributed by atoms with van der Waals surface area (Å²) in [6.45, 7) is 0. The molecule has 0 aliphatic carbocycles. The Bertz CT molecular complexity index is 468. The summed E-state index contributed by atoms with van der Waals surface area (Å²) < 4.78 is 17.9. The molecule has 3 heteroatoms. The van der Waals surface area contributed by atoms with Crippen molar-refractivity contribution >= 4 is 11.0 Å². The van der Waals surface area contributed by atoms with E-state index in [0.717, 1.165) is 0 Å². The third-order valence-electron chi connectivity index (χ3n) is 1.64. The van der Waals surface area contributed by atoms with Crippen LogP contribution in [0.1, 0.15) is 0 Å². The Balaban J connectivity index is 3.07. The zero-order valence-electron chi connectivity index (χ0n) is 6.08. The third-order valence-corrected chi connectivity index (χ3v) is 1.64. The highest BCUT2D eigenvalue weighted by Gasteiger charge is 2.03. The van der Waals surface area contributed by atoms with Gasteiger partial charge in [0.1, 0.15) is 16.8 Å². The summed E-state index contributed by atoms with van der Waals surface area (Å²) in [6, 6.07) is 5.49. The van der Waals surface area contributed by atoms with E-state index in [1.807, 2.05) is 0 Å². The van der Waals surface area contributed by atoms with Crippen LogP contribution in [-0.4, -0.2) is 0 Å². The molecule has 0 saturated carbocycles. The van der Waals surface area contributed by atoms with Crippen LogP contribution in [0.2, 0.25) is 0 Å². The first-order valence-electron chi connectivity index (χ1n) is 3.45. The summed E-state index contributed by atoms with van der Waals surface area (Å²) in [5.74, 6) is -0.540. The number of halogens is 1. The maximum absolute atomic E-state index is 13.0. The predicted molar refractivity (Wildman–Crippen MR) is 42.4 cm³/mol. The second-order valence-corrected chi connectivity index (χ2v) is 2.40. The average molecular weight is 164 g/mol. The first-order chi connectivity index (χ1) is 5.79. The molecule has 12 heavy (non-hydrogen) atoms. The van der Waals surface area contributed by atoms with E-state index in [9.17, 15) is 9.18 Å². The Morgan fingerprint density at radius 1 is 1.25 bits per heavy atom. The number of hydrogen-bond acceptors (Lipinski definition) is 2. The predicted octanol–water partition coefficient (Wildman–Crippen LogP) is 1.93. The highest BCUT2D eigenvalue weighted by Crippen LogP contribution is 2.12. The molecular formula is C9H5FO2. The van der Waals surface area contributed by atoms with E-state index in [-0.39, 0.29) is 16.4 Å². The van der Waals surface area contributed by atoms with Crippen molar-refractivity contribution in [3.05, 3.63) is 46.6 Å². The lowest BCUT2D eigenvalue weighted by molar-refractivity contribution is 0.592. The molecule has 0 aliphatic rings. The van der Waals surface area contributed by atoms with Gasteiger partial charge in [0, 0.05) is 6.07 Å². The van der Waals surface area contributed by atoms with E-state index >= 15 is 0 Å². The Morgan fingerprint density at radius 3 is 2.83 bits per heavy atom. The lowest BCUT2D eigenvalue weighted by atomic mass is 10.2. The van der Waals surface area contributed by atoms with Crippen LogP contribution in [0.15, 0.2) is 39.7 Å². The molecule has 0 unspecified atom stereocenters. The van der Waals surface area contributed by atoms with Gasteiger partial charge < -0.3 is 4.42 Å². The molecule has 0 saturated heterocycles. The molecule has 2 aromatic rings. The molecule has 1 heterocycles. The summed E-state index contributed by atoms with van der Waals surface area (Å²) in [4.78, 5) is 11.1. The van der Waals surface area contributed by atoms with Crippen molar-refractivity contribution in [2.24, 2.45) is 0 Å². The number of hydrogen-bond donors (Lipinski definition) is 0. The Kier molecular flexibility index (Phi) is 1.43. The van der Waals surface area contributed by atoms with Crippen LogP contribution in [0.4, 0.5) is 4.39 Å². The normalized spacial score (nSPS) is 10.4. The van der Waals surface area contributed by atoms with E-state index in [1.54, 1.807) is 6.07 Å². The minimum Gasteiger partial charge on any atom is -0.464 e. The fraction of sp³-hybridized carbons (Fsp3) is 0. The number of fused-ring (bicyclic) bond motifs is 1. The second-order valence-electron chi connectivity index (χ2n) is 2.40. The number of benzene rings is 1. The molecule has 0 radical (unpaired) electrons. The number of rotatable bonds is 0. The van der Waals surface area contributed by atoms with E-state index < -0.39 is 5.82 Å². The van der Waals surface area contributed by atoms with Crippen LogP contribution < -0.4 is 5.43 Å². The van der Waals surface area contributed by atoms with Crippen LogP contribution in [0, 0.1) is 5.82 Å². The van der Waals surface area contributed by atoms with Gasteiger partial charge in [0.05, 0.1) is 6.26 Å². The van der Waals surface area contributed by atoms with Crippen molar-refractivity contribution in [3.8, 4) is 0 Å². The van der Waals surface area contributed by atoms with E-state index in [0.29, 0.717) is 0 Å². The molecule has 1 aromatic carbocycles. The molecule has 0 amide bonds. The summed E-state index contributed by atoms with van der Waals surface area (Å²) >= 11 is 0. The molecule has 1 aromatic heterocycles. The van der Waals surface area contributed by atoms with Crippen LogP contribution in [-0.2, 0) is 0 Å². The van der Waals surface area contributed by atoms with Crippen molar-refractivity contribution in [3.63, 3.8) is 0 Å². The minimum atomic E-state index is -0.540. The maximum atomic E-state index is 13.0. The quantitative estimate of drug-likeness (QED) is 0.595. The monoisotopic (exact) mass is 164 g/mol. The van der Waals surface area contributed by atoms with Gasteiger partial charge in [-0.25, -0.2) is 4.39 Å². The summed E-state index contributed by atoms with van der Waals surface area (Å²) in [6.07, 6.45) is 1.25. The SMILES string of the molecule is O=c1ccoc2cccc(F)c12. The minimum absolute atomic E-state index is 0.0139. The van der Waals surface area contributed by atoms with Crippen molar-refractivity contribution in [1.29, 1.82) is 0 Å². The van der Waals surface area contributed by atoms with Gasteiger partial charge in [-0.15, -0.1) is 0 Å². The largest absolute Gasteiger partial charge is 0.464 e. The first kappa shape index (κ1) is 7.03. The van der Waals surface area contributed by atoms with Gasteiger partial charge in [0.2, 0.25) is 0 Å². The fourth-order valence-corrected chi connectivity index (χ4v) is 1.09. The van der Waals surface area contributed by atoms with Gasteiger partial charge in [0.15, 0.2) is 5.43 Å². The molecule has 0 aliphatic heterocycles. The van der Waals surface area contributed by atoms with Crippen molar-refractivity contribution in [2.45, 2.75) is 0 Å². The Morgan fingerprint density at radius 2 is 2.08 bits per heavy atom. The van der Waals surface area contributed by atoms with Gasteiger partial charge in [-0.2, -0.15) is 0 Å². The fourth-order valence-electron chi connectivity index (χ4n) is 1.09. The zero-order valence-corrected chi connectivity index (χ0v) is 6.08. The van der Waals surface area contributed by atoms with Gasteiger partial charge >= 0.3 is 0 Å². The molecule has 0 fully saturated rings. The highest BCUT2D eigenvalue weighted by atomic mass is 19.1. The lowest BCUT2D eigenvalue weighted by Crippen LogP contribution is -2.00. The second kappa shape index (κ2) is 2.44. The summed E-state index contributed by atoms with van der Waals surface area (Å²) in [5, 5.41) is 0.0139. The molecule has 0 spiro atoms. The van der Waals surface area contributed by atoms with Gasteiger partial charge in [0.25, 0.3) is 0 Å². The molecule has 0 atom stereocenters. The lowest BCUT2D eigenvalue weighted by Gasteiger charge is -1.94. The van der Waals surface area contributed by atoms with Gasteiger partial charge in [-0.3, -0.25) is 4.79 Å². The van der Waals surface area contributed by atoms with Crippen molar-refractivity contribution in [1.82, 2.24) is 0 Å². The zero-order chi connectivity index (χ0) is 8.55. The van der Waals surface area contributed by atoms with Gasteiger partial charge in [-0.1, -0.05) is 6.07 Å². The standard InChI is InChI=1S/C9H5FO2/c10-6-2-1-3-8-9(6)7(11)4-5-12-8/h1-5H. The first-order valence-corrected chi connectivity index (χ1v) is 3.45. The van der Waals surface area contributed by atoms with Crippen LogP contribution in [0.25, 0.3) is 11.0 Å². The van der Waals surface area contributed by atoms with Crippen LogP contribution >= 0.6 is 0 Å². The summed E-state index contributed by atoms with van der Waals surface area (Å²) in [5.41, 5.74) is -0.0724. The molecule has 60 valence electrons. The topological polar surface area (TPSA) is 30.2 Å². The molecule has 2 rings (SSSR count). The molecule has 0 N–H and O–H groups in total. The smallest absolute Gasteiger partial charge is 0.195 e. The van der Waals surface area contributed by atoms with Crippen LogP contribution in [0.5, 0.6) is 0 Å². The Hall–Kier alpha value is -1.64. The van der Waals surface area contributed by atoms with Crippen molar-refractivity contribution in [2.75, 3.05) is 0 Å². The highest BCUT2D eigenvalue weighted by molar-refractivity contribution is 5.76.